The van der Waals surface area contributed by atoms with E-state index in [1.807, 2.05) is 67.8 Å². The highest BCUT2D eigenvalue weighted by Gasteiger charge is 2.38. The Bertz CT molecular complexity index is 1700. The van der Waals surface area contributed by atoms with Crippen LogP contribution < -0.4 is 10.6 Å². The number of carbonyl (C=O) groups is 1. The predicted molar refractivity (Wildman–Crippen MR) is 170 cm³/mol. The van der Waals surface area contributed by atoms with Crippen LogP contribution in [-0.2, 0) is 29.2 Å². The number of ether oxygens (including phenoxy) is 2. The van der Waals surface area contributed by atoms with Crippen LogP contribution in [0.15, 0.2) is 103 Å². The Morgan fingerprint density at radius 1 is 0.864 bits per heavy atom. The Kier molecular flexibility index (Phi) is 9.02. The third-order valence-electron chi connectivity index (χ3n) is 8.26. The van der Waals surface area contributed by atoms with Crippen LogP contribution in [0.2, 0.25) is 0 Å². The number of nitrogens with one attached hydrogen (secondary N) is 2. The van der Waals surface area contributed by atoms with Crippen molar-refractivity contribution < 1.29 is 19.4 Å². The molecule has 4 unspecified atom stereocenters. The molecule has 0 radical (unpaired) electrons. The highest BCUT2D eigenvalue weighted by Crippen LogP contribution is 2.42. The van der Waals surface area contributed by atoms with Crippen LogP contribution in [0.25, 0.3) is 22.2 Å². The standard InChI is InChI=1S/C36H38N4O4/c1-3-37-36(42)38-20-26-7-6-8-30(19-26)27-15-17-29(18-16-27)35-43-33(21-40-23-39-31-9-4-5-10-32(31)40)24(2)34(44-35)28-13-11-25(22-41)12-14-28/h4-19,23-24,33-35,41H,3,20-22H2,1-2H3,(H2,37,38,42). The van der Waals surface area contributed by atoms with Gasteiger partial charge in [0.1, 0.15) is 0 Å². The lowest BCUT2D eigenvalue weighted by Crippen LogP contribution is -2.39. The summed E-state index contributed by atoms with van der Waals surface area (Å²) in [4.78, 5) is 16.4. The lowest BCUT2D eigenvalue weighted by Gasteiger charge is -2.41. The number of carbonyl (C=O) groups excluding carboxylic acids is 1. The number of hydrogen-bond acceptors (Lipinski definition) is 5. The first-order valence-electron chi connectivity index (χ1n) is 15.1. The summed E-state index contributed by atoms with van der Waals surface area (Å²) in [5.41, 5.74) is 8.04. The van der Waals surface area contributed by atoms with E-state index in [2.05, 4.69) is 69.6 Å². The second kappa shape index (κ2) is 13.4. The number of imidazole rings is 1. The van der Waals surface area contributed by atoms with E-state index in [1.165, 1.54) is 0 Å². The third-order valence-corrected chi connectivity index (χ3v) is 8.26. The molecule has 8 heteroatoms. The average Bonchev–Trinajstić information content (AvgIpc) is 3.48. The molecule has 3 N–H and O–H groups in total. The monoisotopic (exact) mass is 590 g/mol. The largest absolute Gasteiger partial charge is 0.392 e. The van der Waals surface area contributed by atoms with E-state index < -0.39 is 6.29 Å². The molecule has 1 saturated heterocycles. The SMILES string of the molecule is CCNC(=O)NCc1cccc(-c2ccc(C3OC(Cn4cnc5ccccc54)C(C)C(c4ccc(CO)cc4)O3)cc2)c1. The summed E-state index contributed by atoms with van der Waals surface area (Å²) in [6.07, 6.45) is 0.984. The molecule has 5 aromatic rings. The summed E-state index contributed by atoms with van der Waals surface area (Å²) in [6, 6.07) is 32.4. The van der Waals surface area contributed by atoms with Crippen molar-refractivity contribution >= 4 is 17.1 Å². The second-order valence-electron chi connectivity index (χ2n) is 11.2. The Balaban J connectivity index is 1.24. The van der Waals surface area contributed by atoms with Crippen molar-refractivity contribution in [1.29, 1.82) is 0 Å². The molecule has 1 aromatic heterocycles. The minimum Gasteiger partial charge on any atom is -0.392 e. The quantitative estimate of drug-likeness (QED) is 0.182. The van der Waals surface area contributed by atoms with Gasteiger partial charge in [-0.1, -0.05) is 85.8 Å². The van der Waals surface area contributed by atoms with Crippen molar-refractivity contribution in [2.75, 3.05) is 6.54 Å². The van der Waals surface area contributed by atoms with Crippen LogP contribution >= 0.6 is 0 Å². The number of benzene rings is 4. The van der Waals surface area contributed by atoms with E-state index in [4.69, 9.17) is 9.47 Å². The van der Waals surface area contributed by atoms with E-state index in [9.17, 15) is 9.90 Å². The number of hydrogen-bond donors (Lipinski definition) is 3. The topological polar surface area (TPSA) is 97.6 Å². The van der Waals surface area contributed by atoms with Gasteiger partial charge in [0, 0.05) is 24.6 Å². The van der Waals surface area contributed by atoms with Gasteiger partial charge in [-0.05, 0) is 52.9 Å². The highest BCUT2D eigenvalue weighted by atomic mass is 16.7. The number of aliphatic hydroxyl groups is 1. The summed E-state index contributed by atoms with van der Waals surface area (Å²) in [7, 11) is 0. The van der Waals surface area contributed by atoms with Crippen LogP contribution in [0.3, 0.4) is 0 Å². The first kappa shape index (κ1) is 29.6. The lowest BCUT2D eigenvalue weighted by molar-refractivity contribution is -0.276. The minimum absolute atomic E-state index is 0.00335. The van der Waals surface area contributed by atoms with Crippen molar-refractivity contribution in [3.05, 3.63) is 126 Å². The first-order chi connectivity index (χ1) is 21.5. The fourth-order valence-electron chi connectivity index (χ4n) is 5.78. The number of rotatable bonds is 9. The zero-order valence-electron chi connectivity index (χ0n) is 25.0. The first-order valence-corrected chi connectivity index (χ1v) is 15.1. The molecule has 0 spiro atoms. The highest BCUT2D eigenvalue weighted by molar-refractivity contribution is 5.75. The lowest BCUT2D eigenvalue weighted by atomic mass is 9.90. The van der Waals surface area contributed by atoms with Crippen molar-refractivity contribution in [2.24, 2.45) is 5.92 Å². The zero-order valence-corrected chi connectivity index (χ0v) is 25.0. The van der Waals surface area contributed by atoms with E-state index in [0.29, 0.717) is 19.6 Å². The van der Waals surface area contributed by atoms with Gasteiger partial charge in [-0.2, -0.15) is 0 Å². The van der Waals surface area contributed by atoms with E-state index in [-0.39, 0.29) is 30.8 Å². The van der Waals surface area contributed by atoms with E-state index >= 15 is 0 Å². The number of nitrogens with zero attached hydrogens (tertiary/aromatic N) is 2. The summed E-state index contributed by atoms with van der Waals surface area (Å²) in [5.74, 6) is 0.0578. The molecule has 1 aliphatic rings. The summed E-state index contributed by atoms with van der Waals surface area (Å²) in [5, 5.41) is 15.2. The fourth-order valence-corrected chi connectivity index (χ4v) is 5.78. The van der Waals surface area contributed by atoms with Crippen molar-refractivity contribution in [3.63, 3.8) is 0 Å². The molecule has 0 bridgehead atoms. The average molecular weight is 591 g/mol. The molecule has 0 aliphatic carbocycles. The van der Waals surface area contributed by atoms with Crippen molar-refractivity contribution in [1.82, 2.24) is 20.2 Å². The van der Waals surface area contributed by atoms with Gasteiger partial charge in [0.2, 0.25) is 0 Å². The van der Waals surface area contributed by atoms with Gasteiger partial charge in [-0.25, -0.2) is 9.78 Å². The van der Waals surface area contributed by atoms with Crippen LogP contribution in [0.5, 0.6) is 0 Å². The van der Waals surface area contributed by atoms with Crippen LogP contribution in [0.1, 0.15) is 48.5 Å². The van der Waals surface area contributed by atoms with E-state index in [1.54, 1.807) is 0 Å². The van der Waals surface area contributed by atoms with Crippen molar-refractivity contribution in [2.45, 2.75) is 52.0 Å². The molecule has 0 saturated carbocycles. The Hall–Kier alpha value is -4.50. The van der Waals surface area contributed by atoms with E-state index in [0.717, 1.165) is 44.4 Å². The molecule has 6 rings (SSSR count). The second-order valence-corrected chi connectivity index (χ2v) is 11.2. The number of amides is 2. The normalized spacial score (nSPS) is 20.0. The summed E-state index contributed by atoms with van der Waals surface area (Å²) < 4.78 is 15.5. The molecular weight excluding hydrogens is 552 g/mol. The van der Waals surface area contributed by atoms with Crippen LogP contribution in [-0.4, -0.2) is 33.3 Å². The summed E-state index contributed by atoms with van der Waals surface area (Å²) >= 11 is 0. The number of aliphatic hydroxyl groups excluding tert-OH is 1. The van der Waals surface area contributed by atoms with Gasteiger partial charge in [0.25, 0.3) is 0 Å². The smallest absolute Gasteiger partial charge is 0.315 e. The van der Waals surface area contributed by atoms with Crippen LogP contribution in [0, 0.1) is 5.92 Å². The molecule has 4 aromatic carbocycles. The molecule has 4 atom stereocenters. The van der Waals surface area contributed by atoms with Gasteiger partial charge < -0.3 is 29.8 Å². The van der Waals surface area contributed by atoms with Crippen LogP contribution in [0.4, 0.5) is 4.79 Å². The fraction of sp³-hybridized carbons (Fsp3) is 0.278. The molecular formula is C36H38N4O4. The molecule has 44 heavy (non-hydrogen) atoms. The Morgan fingerprint density at radius 3 is 2.41 bits per heavy atom. The van der Waals surface area contributed by atoms with Gasteiger partial charge in [0.15, 0.2) is 6.29 Å². The van der Waals surface area contributed by atoms with Gasteiger partial charge in [-0.3, -0.25) is 0 Å². The minimum atomic E-state index is -0.560. The maximum atomic E-state index is 11.8. The molecule has 8 nitrogen and oxygen atoms in total. The third kappa shape index (κ3) is 6.53. The molecule has 1 aliphatic heterocycles. The predicted octanol–water partition coefficient (Wildman–Crippen LogP) is 6.51. The molecule has 2 amide bonds. The number of aromatic nitrogens is 2. The zero-order chi connectivity index (χ0) is 30.5. The molecule has 226 valence electrons. The Morgan fingerprint density at radius 2 is 1.64 bits per heavy atom. The number of fused-ring (bicyclic) bond motifs is 1. The van der Waals surface area contributed by atoms with Gasteiger partial charge >= 0.3 is 6.03 Å². The number of urea groups is 1. The Labute approximate surface area is 257 Å². The maximum absolute atomic E-state index is 11.8. The molecule has 1 fully saturated rings. The van der Waals surface area contributed by atoms with Gasteiger partial charge in [-0.15, -0.1) is 0 Å². The number of para-hydroxylation sites is 2. The molecule has 2 heterocycles. The maximum Gasteiger partial charge on any atom is 0.315 e. The van der Waals surface area contributed by atoms with Gasteiger partial charge in [0.05, 0.1) is 42.7 Å². The van der Waals surface area contributed by atoms with Crippen molar-refractivity contribution in [3.8, 4) is 11.1 Å². The summed E-state index contributed by atoms with van der Waals surface area (Å²) in [6.45, 7) is 5.75.